The second-order valence-corrected chi connectivity index (χ2v) is 4.08. The van der Waals surface area contributed by atoms with Crippen LogP contribution in [0.15, 0.2) is 41.2 Å². The van der Waals surface area contributed by atoms with Gasteiger partial charge < -0.3 is 5.11 Å². The third-order valence-corrected chi connectivity index (χ3v) is 2.78. The molecule has 0 aliphatic rings. The summed E-state index contributed by atoms with van der Waals surface area (Å²) in [6.07, 6.45) is 0.877. The van der Waals surface area contributed by atoms with Crippen molar-refractivity contribution in [2.75, 3.05) is 0 Å². The third-order valence-electron chi connectivity index (χ3n) is 2.36. The first kappa shape index (κ1) is 13.2. The summed E-state index contributed by atoms with van der Waals surface area (Å²) in [6.45, 7) is 1.98. The summed E-state index contributed by atoms with van der Waals surface area (Å²) in [5.41, 5.74) is 0.610. The van der Waals surface area contributed by atoms with Gasteiger partial charge in [0.2, 0.25) is 0 Å². The lowest BCUT2D eigenvalue weighted by molar-refractivity contribution is 0.219. The van der Waals surface area contributed by atoms with Crippen LogP contribution < -0.4 is 0 Å². The van der Waals surface area contributed by atoms with Crippen LogP contribution in [0.3, 0.4) is 0 Å². The van der Waals surface area contributed by atoms with E-state index in [1.807, 2.05) is 13.0 Å². The van der Waals surface area contributed by atoms with Gasteiger partial charge >= 0.3 is 0 Å². The van der Waals surface area contributed by atoms with Crippen molar-refractivity contribution >= 4 is 11.6 Å². The zero-order valence-electron chi connectivity index (χ0n) is 9.29. The molecule has 16 heavy (non-hydrogen) atoms. The molecule has 0 amide bonds. The lowest BCUT2D eigenvalue weighted by Gasteiger charge is -2.11. The Balaban J connectivity index is 2.77. The Morgan fingerprint density at radius 2 is 2.00 bits per heavy atom. The van der Waals surface area contributed by atoms with Crippen LogP contribution >= 0.6 is 11.6 Å². The van der Waals surface area contributed by atoms with Gasteiger partial charge in [-0.05, 0) is 12.0 Å². The topological polar surface area (TPSA) is 20.2 Å². The van der Waals surface area contributed by atoms with Crippen molar-refractivity contribution < 1.29 is 9.50 Å². The van der Waals surface area contributed by atoms with E-state index in [1.54, 1.807) is 24.3 Å². The highest BCUT2D eigenvalue weighted by atomic mass is 35.5. The van der Waals surface area contributed by atoms with E-state index in [9.17, 15) is 9.50 Å². The summed E-state index contributed by atoms with van der Waals surface area (Å²) in [6, 6.07) is 8.85. The van der Waals surface area contributed by atoms with Gasteiger partial charge in [0, 0.05) is 6.42 Å². The second kappa shape index (κ2) is 6.66. The van der Waals surface area contributed by atoms with Crippen LogP contribution in [0, 0.1) is 0 Å². The third kappa shape index (κ3) is 3.62. The quantitative estimate of drug-likeness (QED) is 0.815. The van der Waals surface area contributed by atoms with E-state index in [1.165, 1.54) is 0 Å². The SMILES string of the molecule is CCCC/C(F)=C(\Cl)C(O)c1ccccc1. The molecule has 1 N–H and O–H groups in total. The molecule has 1 aromatic carbocycles. The van der Waals surface area contributed by atoms with Crippen molar-refractivity contribution in [1.82, 2.24) is 0 Å². The maximum Gasteiger partial charge on any atom is 0.117 e. The Bertz CT molecular complexity index is 348. The van der Waals surface area contributed by atoms with Crippen molar-refractivity contribution in [2.24, 2.45) is 0 Å². The molecule has 0 saturated heterocycles. The molecule has 1 aromatic rings. The standard InChI is InChI=1S/C13H16ClFO/c1-2-3-9-11(15)12(14)13(16)10-7-5-4-6-8-10/h4-8,13,16H,2-3,9H2,1H3/b12-11+. The summed E-state index contributed by atoms with van der Waals surface area (Å²) < 4.78 is 13.5. The highest BCUT2D eigenvalue weighted by Crippen LogP contribution is 2.29. The molecule has 1 nitrogen and oxygen atoms in total. The number of hydrogen-bond donors (Lipinski definition) is 1. The predicted molar refractivity (Wildman–Crippen MR) is 64.9 cm³/mol. The smallest absolute Gasteiger partial charge is 0.117 e. The number of aliphatic hydroxyl groups excluding tert-OH is 1. The van der Waals surface area contributed by atoms with Crippen LogP contribution in [-0.4, -0.2) is 5.11 Å². The Labute approximate surface area is 101 Å². The zero-order valence-corrected chi connectivity index (χ0v) is 10.0. The number of aliphatic hydroxyl groups is 1. The minimum Gasteiger partial charge on any atom is -0.383 e. The number of allylic oxidation sites excluding steroid dienone is 1. The Kier molecular flexibility index (Phi) is 5.50. The summed E-state index contributed by atoms with van der Waals surface area (Å²) in [5.74, 6) is -0.417. The Hall–Kier alpha value is -0.860. The first-order valence-corrected chi connectivity index (χ1v) is 5.81. The fourth-order valence-corrected chi connectivity index (χ4v) is 1.60. The number of benzene rings is 1. The number of rotatable bonds is 5. The number of unbranched alkanes of at least 4 members (excludes halogenated alkanes) is 1. The van der Waals surface area contributed by atoms with E-state index in [-0.39, 0.29) is 5.03 Å². The van der Waals surface area contributed by atoms with Crippen LogP contribution in [0.5, 0.6) is 0 Å². The highest BCUT2D eigenvalue weighted by Gasteiger charge is 2.15. The molecule has 88 valence electrons. The second-order valence-electron chi connectivity index (χ2n) is 3.67. The van der Waals surface area contributed by atoms with Gasteiger partial charge in [0.15, 0.2) is 0 Å². The molecule has 1 unspecified atom stereocenters. The maximum atomic E-state index is 13.5. The van der Waals surface area contributed by atoms with E-state index in [2.05, 4.69) is 0 Å². The van der Waals surface area contributed by atoms with Crippen LogP contribution in [0.25, 0.3) is 0 Å². The molecule has 0 fully saturated rings. The molecule has 1 atom stereocenters. The summed E-state index contributed by atoms with van der Waals surface area (Å²) in [7, 11) is 0. The average Bonchev–Trinajstić information content (AvgIpc) is 2.35. The molecule has 0 spiro atoms. The van der Waals surface area contributed by atoms with E-state index in [0.29, 0.717) is 12.0 Å². The lowest BCUT2D eigenvalue weighted by Crippen LogP contribution is -1.99. The van der Waals surface area contributed by atoms with Gasteiger partial charge in [0.25, 0.3) is 0 Å². The Morgan fingerprint density at radius 3 is 2.56 bits per heavy atom. The van der Waals surface area contributed by atoms with Crippen LogP contribution in [0.2, 0.25) is 0 Å². The van der Waals surface area contributed by atoms with Gasteiger partial charge in [-0.25, -0.2) is 4.39 Å². The van der Waals surface area contributed by atoms with Gasteiger partial charge in [-0.3, -0.25) is 0 Å². The van der Waals surface area contributed by atoms with Crippen LogP contribution in [-0.2, 0) is 0 Å². The fourth-order valence-electron chi connectivity index (χ4n) is 1.38. The summed E-state index contributed by atoms with van der Waals surface area (Å²) in [4.78, 5) is 0. The fraction of sp³-hybridized carbons (Fsp3) is 0.385. The highest BCUT2D eigenvalue weighted by molar-refractivity contribution is 6.30. The molecule has 1 rings (SSSR count). The van der Waals surface area contributed by atoms with Crippen molar-refractivity contribution in [2.45, 2.75) is 32.3 Å². The van der Waals surface area contributed by atoms with E-state index >= 15 is 0 Å². The largest absolute Gasteiger partial charge is 0.383 e. The average molecular weight is 243 g/mol. The van der Waals surface area contributed by atoms with Gasteiger partial charge in [0.05, 0.1) is 5.03 Å². The van der Waals surface area contributed by atoms with E-state index in [4.69, 9.17) is 11.6 Å². The number of halogens is 2. The van der Waals surface area contributed by atoms with Crippen molar-refractivity contribution in [3.8, 4) is 0 Å². The first-order valence-electron chi connectivity index (χ1n) is 5.43. The van der Waals surface area contributed by atoms with Crippen molar-refractivity contribution in [3.05, 3.63) is 46.8 Å². The van der Waals surface area contributed by atoms with Crippen LogP contribution in [0.4, 0.5) is 4.39 Å². The molecule has 0 bridgehead atoms. The minimum absolute atomic E-state index is 0.0975. The molecule has 0 radical (unpaired) electrons. The lowest BCUT2D eigenvalue weighted by atomic mass is 10.1. The van der Waals surface area contributed by atoms with E-state index < -0.39 is 11.9 Å². The van der Waals surface area contributed by atoms with Crippen LogP contribution in [0.1, 0.15) is 37.9 Å². The Morgan fingerprint density at radius 1 is 1.38 bits per heavy atom. The molecule has 0 aromatic heterocycles. The van der Waals surface area contributed by atoms with Crippen molar-refractivity contribution in [1.29, 1.82) is 0 Å². The molecular formula is C13H16ClFO. The summed E-state index contributed by atoms with van der Waals surface area (Å²) in [5, 5.41) is 9.73. The molecule has 0 aliphatic heterocycles. The first-order chi connectivity index (χ1) is 7.66. The predicted octanol–water partition coefficient (Wildman–Crippen LogP) is 4.33. The van der Waals surface area contributed by atoms with Gasteiger partial charge in [-0.2, -0.15) is 0 Å². The molecule has 0 aliphatic carbocycles. The number of hydrogen-bond acceptors (Lipinski definition) is 1. The minimum atomic E-state index is -1.06. The van der Waals surface area contributed by atoms with Gasteiger partial charge in [0.1, 0.15) is 11.9 Å². The monoisotopic (exact) mass is 242 g/mol. The maximum absolute atomic E-state index is 13.5. The van der Waals surface area contributed by atoms with E-state index in [0.717, 1.165) is 12.8 Å². The summed E-state index contributed by atoms with van der Waals surface area (Å²) >= 11 is 5.81. The van der Waals surface area contributed by atoms with Gasteiger partial charge in [-0.1, -0.05) is 55.3 Å². The van der Waals surface area contributed by atoms with Gasteiger partial charge in [-0.15, -0.1) is 0 Å². The molecule has 0 saturated carbocycles. The molecular weight excluding hydrogens is 227 g/mol. The molecule has 0 heterocycles. The normalized spacial score (nSPS) is 14.5. The molecule has 3 heteroatoms. The van der Waals surface area contributed by atoms with Crippen molar-refractivity contribution in [3.63, 3.8) is 0 Å². The zero-order chi connectivity index (χ0) is 12.0.